The zero-order valence-corrected chi connectivity index (χ0v) is 17.2. The second kappa shape index (κ2) is 7.92. The summed E-state index contributed by atoms with van der Waals surface area (Å²) in [6.45, 7) is 4.53. The zero-order chi connectivity index (χ0) is 21.2. The van der Waals surface area contributed by atoms with E-state index in [9.17, 15) is 18.3 Å². The summed E-state index contributed by atoms with van der Waals surface area (Å²) in [4.78, 5) is 18.6. The molecule has 2 N–H and O–H groups in total. The summed E-state index contributed by atoms with van der Waals surface area (Å²) in [6, 6.07) is 11.4. The van der Waals surface area contributed by atoms with Crippen LogP contribution < -0.4 is 4.72 Å². The minimum Gasteiger partial charge on any atom is -0.388 e. The molecule has 154 valence electrons. The van der Waals surface area contributed by atoms with Gasteiger partial charge in [-0.2, -0.15) is 0 Å². The van der Waals surface area contributed by atoms with Crippen LogP contribution in [0.4, 0.5) is 0 Å². The highest BCUT2D eigenvalue weighted by Crippen LogP contribution is 2.29. The quantitative estimate of drug-likeness (QED) is 0.743. The second-order valence-electron chi connectivity index (χ2n) is 7.04. The van der Waals surface area contributed by atoms with Gasteiger partial charge in [0, 0.05) is 30.3 Å². The van der Waals surface area contributed by atoms with E-state index in [4.69, 9.17) is 4.84 Å². The van der Waals surface area contributed by atoms with Gasteiger partial charge in [-0.05, 0) is 31.0 Å². The van der Waals surface area contributed by atoms with Gasteiger partial charge in [-0.15, -0.1) is 0 Å². The number of benzene rings is 1. The van der Waals surface area contributed by atoms with Crippen LogP contribution in [-0.4, -0.2) is 41.2 Å². The first-order chi connectivity index (χ1) is 13.6. The molecular weight excluding hydrogens is 394 g/mol. The minimum absolute atomic E-state index is 0.0224. The number of aromatic nitrogens is 1. The van der Waals surface area contributed by atoms with Crippen molar-refractivity contribution in [1.29, 1.82) is 0 Å². The maximum atomic E-state index is 12.4. The van der Waals surface area contributed by atoms with Crippen LogP contribution in [0.15, 0.2) is 47.8 Å². The first-order valence-corrected chi connectivity index (χ1v) is 10.7. The van der Waals surface area contributed by atoms with Gasteiger partial charge in [0.1, 0.15) is 0 Å². The van der Waals surface area contributed by atoms with E-state index >= 15 is 0 Å². The van der Waals surface area contributed by atoms with Crippen LogP contribution in [0.1, 0.15) is 37.9 Å². The van der Waals surface area contributed by atoms with Crippen LogP contribution in [0.5, 0.6) is 0 Å². The molecule has 1 aliphatic heterocycles. The van der Waals surface area contributed by atoms with Gasteiger partial charge < -0.3 is 9.94 Å². The average Bonchev–Trinajstić information content (AvgIpc) is 3.19. The van der Waals surface area contributed by atoms with E-state index in [0.29, 0.717) is 5.71 Å². The lowest BCUT2D eigenvalue weighted by Crippen LogP contribution is -2.53. The summed E-state index contributed by atoms with van der Waals surface area (Å²) < 4.78 is 26.6. The van der Waals surface area contributed by atoms with Crippen molar-refractivity contribution >= 4 is 21.6 Å². The van der Waals surface area contributed by atoms with Crippen LogP contribution in [0.25, 0.3) is 11.1 Å². The second-order valence-corrected chi connectivity index (χ2v) is 9.08. The SMILES string of the molecule is CCC(=O)NS(=O)(=O)C(C)(O)[C@H]1CC(c2ccc(-c3ccc(C)nc3)cc2)=NO1. The number of hydrogen-bond donors (Lipinski definition) is 2. The van der Waals surface area contributed by atoms with Gasteiger partial charge in [0.2, 0.25) is 10.8 Å². The van der Waals surface area contributed by atoms with Gasteiger partial charge in [0.15, 0.2) is 6.10 Å². The van der Waals surface area contributed by atoms with Crippen molar-refractivity contribution < 1.29 is 23.2 Å². The molecule has 2 aromatic rings. The number of hydrogen-bond acceptors (Lipinski definition) is 7. The van der Waals surface area contributed by atoms with E-state index in [0.717, 1.165) is 29.3 Å². The number of carbonyl (C=O) groups excluding carboxylic acids is 1. The number of pyridine rings is 1. The standard InChI is InChI=1S/C20H23N3O5S/c1-4-19(24)23-29(26,27)20(3,25)18-11-17(22-28-18)15-9-7-14(8-10-15)16-6-5-13(2)21-12-16/h5-10,12,18,25H,4,11H2,1-3H3,(H,23,24)/t18-,20?/m1/s1. The number of carbonyl (C=O) groups is 1. The smallest absolute Gasteiger partial charge is 0.268 e. The monoisotopic (exact) mass is 417 g/mol. The van der Waals surface area contributed by atoms with Crippen LogP contribution in [-0.2, 0) is 19.7 Å². The van der Waals surface area contributed by atoms with Crippen LogP contribution in [0.2, 0.25) is 0 Å². The summed E-state index contributed by atoms with van der Waals surface area (Å²) in [7, 11) is -4.36. The Morgan fingerprint density at radius 1 is 1.21 bits per heavy atom. The normalized spacial score (nSPS) is 18.5. The molecule has 1 unspecified atom stereocenters. The summed E-state index contributed by atoms with van der Waals surface area (Å²) in [5.74, 6) is -0.703. The van der Waals surface area contributed by atoms with Crippen molar-refractivity contribution in [3.63, 3.8) is 0 Å². The topological polar surface area (TPSA) is 118 Å². The predicted octanol–water partition coefficient (Wildman–Crippen LogP) is 2.11. The lowest BCUT2D eigenvalue weighted by molar-refractivity contribution is -0.119. The van der Waals surface area contributed by atoms with Gasteiger partial charge >= 0.3 is 0 Å². The molecule has 0 radical (unpaired) electrons. The fourth-order valence-electron chi connectivity index (χ4n) is 2.83. The summed E-state index contributed by atoms with van der Waals surface area (Å²) in [5, 5.41) is 14.5. The maximum absolute atomic E-state index is 12.4. The lowest BCUT2D eigenvalue weighted by Gasteiger charge is -2.27. The molecule has 8 nitrogen and oxygen atoms in total. The predicted molar refractivity (Wildman–Crippen MR) is 108 cm³/mol. The van der Waals surface area contributed by atoms with E-state index in [1.807, 2.05) is 48.0 Å². The van der Waals surface area contributed by atoms with Crippen molar-refractivity contribution in [2.24, 2.45) is 5.16 Å². The largest absolute Gasteiger partial charge is 0.388 e. The molecule has 0 fully saturated rings. The Kier molecular flexibility index (Phi) is 5.72. The minimum atomic E-state index is -4.36. The zero-order valence-electron chi connectivity index (χ0n) is 16.4. The van der Waals surface area contributed by atoms with Crippen LogP contribution in [0.3, 0.4) is 0 Å². The molecule has 0 aliphatic carbocycles. The van der Waals surface area contributed by atoms with E-state index in [2.05, 4.69) is 10.1 Å². The van der Waals surface area contributed by atoms with Crippen molar-refractivity contribution in [3.8, 4) is 11.1 Å². The average molecular weight is 417 g/mol. The third kappa shape index (κ3) is 4.30. The highest BCUT2D eigenvalue weighted by atomic mass is 32.2. The Hall–Kier alpha value is -2.78. The van der Waals surface area contributed by atoms with E-state index in [1.165, 1.54) is 6.92 Å². The number of oxime groups is 1. The maximum Gasteiger partial charge on any atom is 0.268 e. The first kappa shape index (κ1) is 20.9. The van der Waals surface area contributed by atoms with Crippen LogP contribution >= 0.6 is 0 Å². The molecule has 9 heteroatoms. The Morgan fingerprint density at radius 2 is 1.83 bits per heavy atom. The lowest BCUT2D eigenvalue weighted by atomic mass is 9.99. The van der Waals surface area contributed by atoms with Gasteiger partial charge in [-0.25, -0.2) is 8.42 Å². The van der Waals surface area contributed by atoms with Crippen LogP contribution in [0, 0.1) is 6.92 Å². The van der Waals surface area contributed by atoms with Gasteiger partial charge in [-0.1, -0.05) is 42.4 Å². The molecule has 29 heavy (non-hydrogen) atoms. The molecule has 0 saturated carbocycles. The molecule has 1 aromatic heterocycles. The molecular formula is C20H23N3O5S. The van der Waals surface area contributed by atoms with Crippen molar-refractivity contribution in [2.75, 3.05) is 0 Å². The Labute approximate surface area is 169 Å². The number of nitrogens with one attached hydrogen (secondary N) is 1. The number of aryl methyl sites for hydroxylation is 1. The molecule has 1 aliphatic rings. The number of aliphatic hydroxyl groups is 1. The number of amides is 1. The van der Waals surface area contributed by atoms with E-state index < -0.39 is 27.0 Å². The summed E-state index contributed by atoms with van der Waals surface area (Å²) >= 11 is 0. The molecule has 3 rings (SSSR count). The molecule has 1 aromatic carbocycles. The Bertz CT molecular complexity index is 1030. The van der Waals surface area contributed by atoms with Crippen molar-refractivity contribution in [3.05, 3.63) is 53.9 Å². The summed E-state index contributed by atoms with van der Waals surface area (Å²) in [5.41, 5.74) is 4.16. The number of rotatable bonds is 6. The molecule has 1 amide bonds. The Morgan fingerprint density at radius 3 is 2.41 bits per heavy atom. The van der Waals surface area contributed by atoms with E-state index in [-0.39, 0.29) is 12.8 Å². The third-order valence-corrected chi connectivity index (χ3v) is 6.69. The highest BCUT2D eigenvalue weighted by molar-refractivity contribution is 7.91. The molecule has 0 spiro atoms. The number of sulfonamides is 1. The Balaban J connectivity index is 1.73. The van der Waals surface area contributed by atoms with Crippen molar-refractivity contribution in [2.45, 2.75) is 44.6 Å². The fourth-order valence-corrected chi connectivity index (χ4v) is 3.95. The van der Waals surface area contributed by atoms with Gasteiger partial charge in [0.25, 0.3) is 10.0 Å². The molecule has 0 bridgehead atoms. The van der Waals surface area contributed by atoms with Crippen molar-refractivity contribution in [1.82, 2.24) is 9.71 Å². The molecule has 2 heterocycles. The summed E-state index contributed by atoms with van der Waals surface area (Å²) in [6.07, 6.45) is 0.717. The number of nitrogens with zero attached hydrogens (tertiary/aromatic N) is 2. The van der Waals surface area contributed by atoms with Gasteiger partial charge in [0.05, 0.1) is 5.71 Å². The molecule has 0 saturated heterocycles. The fraction of sp³-hybridized carbons (Fsp3) is 0.350. The molecule has 2 atom stereocenters. The van der Waals surface area contributed by atoms with Gasteiger partial charge in [-0.3, -0.25) is 14.5 Å². The first-order valence-electron chi connectivity index (χ1n) is 9.17. The van der Waals surface area contributed by atoms with E-state index in [1.54, 1.807) is 6.20 Å². The highest BCUT2D eigenvalue weighted by Gasteiger charge is 2.49. The third-order valence-electron chi connectivity index (χ3n) is 4.84.